The number of hydrogen-bond acceptors (Lipinski definition) is 4. The summed E-state index contributed by atoms with van der Waals surface area (Å²) in [5.74, 6) is -0.592. The monoisotopic (exact) mass is 293 g/mol. The third-order valence-corrected chi connectivity index (χ3v) is 4.74. The van der Waals surface area contributed by atoms with Gasteiger partial charge in [-0.05, 0) is 26.0 Å². The molecule has 0 aliphatic rings. The van der Waals surface area contributed by atoms with Gasteiger partial charge in [0.25, 0.3) is 10.0 Å². The summed E-state index contributed by atoms with van der Waals surface area (Å²) in [6, 6.07) is 5.83. The lowest BCUT2D eigenvalue weighted by Crippen LogP contribution is -2.22. The molecule has 7 heteroatoms. The summed E-state index contributed by atoms with van der Waals surface area (Å²) in [5.41, 5.74) is 0.749. The van der Waals surface area contributed by atoms with Crippen LogP contribution in [0.2, 0.25) is 0 Å². The Bertz CT molecular complexity index is 788. The van der Waals surface area contributed by atoms with Crippen molar-refractivity contribution in [1.82, 2.24) is 9.19 Å². The second-order valence-electron chi connectivity index (χ2n) is 4.50. The van der Waals surface area contributed by atoms with E-state index in [1.165, 1.54) is 24.5 Å². The molecule has 0 saturated carbocycles. The van der Waals surface area contributed by atoms with Crippen molar-refractivity contribution < 1.29 is 12.8 Å². The van der Waals surface area contributed by atoms with Gasteiger partial charge in [-0.2, -0.15) is 14.4 Å². The number of hydrogen-bond donors (Lipinski definition) is 0. The first-order valence-corrected chi connectivity index (χ1v) is 7.35. The van der Waals surface area contributed by atoms with Crippen LogP contribution in [0.25, 0.3) is 11.1 Å². The molecule has 0 aliphatic carbocycles. The summed E-state index contributed by atoms with van der Waals surface area (Å²) < 4.78 is 38.5. The Kier molecular flexibility index (Phi) is 3.59. The SMILES string of the molecule is CC(C)S(=O)(=O)n1cc(-c2ccc(C#N)cc2F)cn1. The Balaban J connectivity index is 2.47. The van der Waals surface area contributed by atoms with E-state index in [-0.39, 0.29) is 11.1 Å². The average molecular weight is 293 g/mol. The van der Waals surface area contributed by atoms with Gasteiger partial charge in [0.2, 0.25) is 0 Å². The fourth-order valence-corrected chi connectivity index (χ4v) is 2.49. The first kappa shape index (κ1) is 14.2. The van der Waals surface area contributed by atoms with Gasteiger partial charge in [-0.25, -0.2) is 12.8 Å². The summed E-state index contributed by atoms with van der Waals surface area (Å²) in [7, 11) is -3.56. The second-order valence-corrected chi connectivity index (χ2v) is 6.85. The first-order chi connectivity index (χ1) is 9.36. The summed E-state index contributed by atoms with van der Waals surface area (Å²) in [6.45, 7) is 3.08. The van der Waals surface area contributed by atoms with Gasteiger partial charge in [0, 0.05) is 11.1 Å². The van der Waals surface area contributed by atoms with Crippen molar-refractivity contribution in [3.05, 3.63) is 42.0 Å². The predicted octanol–water partition coefficient (Wildman–Crippen LogP) is 2.15. The van der Waals surface area contributed by atoms with E-state index in [1.807, 2.05) is 6.07 Å². The normalized spacial score (nSPS) is 11.6. The second kappa shape index (κ2) is 5.06. The topological polar surface area (TPSA) is 75.8 Å². The van der Waals surface area contributed by atoms with Gasteiger partial charge in [0.05, 0.1) is 29.3 Å². The number of nitriles is 1. The fraction of sp³-hybridized carbons (Fsp3) is 0.231. The van der Waals surface area contributed by atoms with E-state index in [0.717, 1.165) is 10.2 Å². The molecule has 0 bridgehead atoms. The van der Waals surface area contributed by atoms with E-state index in [4.69, 9.17) is 5.26 Å². The summed E-state index contributed by atoms with van der Waals surface area (Å²) in [4.78, 5) is 0. The maximum atomic E-state index is 13.8. The van der Waals surface area contributed by atoms with E-state index >= 15 is 0 Å². The van der Waals surface area contributed by atoms with Gasteiger partial charge >= 0.3 is 0 Å². The van der Waals surface area contributed by atoms with Crippen LogP contribution in [0.1, 0.15) is 19.4 Å². The molecule has 0 radical (unpaired) electrons. The third-order valence-electron chi connectivity index (χ3n) is 2.83. The fourth-order valence-electron chi connectivity index (χ4n) is 1.62. The molecule has 5 nitrogen and oxygen atoms in total. The smallest absolute Gasteiger partial charge is 0.206 e. The Morgan fingerprint density at radius 3 is 2.65 bits per heavy atom. The van der Waals surface area contributed by atoms with Gasteiger partial charge in [-0.15, -0.1) is 0 Å². The van der Waals surface area contributed by atoms with E-state index in [0.29, 0.717) is 5.56 Å². The highest BCUT2D eigenvalue weighted by Crippen LogP contribution is 2.23. The van der Waals surface area contributed by atoms with Crippen LogP contribution in [0.4, 0.5) is 4.39 Å². The molecule has 20 heavy (non-hydrogen) atoms. The van der Waals surface area contributed by atoms with Crippen molar-refractivity contribution in [2.24, 2.45) is 0 Å². The molecule has 1 aromatic heterocycles. The summed E-state index contributed by atoms with van der Waals surface area (Å²) in [6.07, 6.45) is 2.55. The van der Waals surface area contributed by atoms with Crippen LogP contribution in [0.5, 0.6) is 0 Å². The average Bonchev–Trinajstić information content (AvgIpc) is 2.88. The largest absolute Gasteiger partial charge is 0.256 e. The van der Waals surface area contributed by atoms with E-state index in [1.54, 1.807) is 13.8 Å². The van der Waals surface area contributed by atoms with E-state index in [9.17, 15) is 12.8 Å². The van der Waals surface area contributed by atoms with E-state index < -0.39 is 21.1 Å². The minimum atomic E-state index is -3.56. The lowest BCUT2D eigenvalue weighted by molar-refractivity contribution is 0.571. The maximum absolute atomic E-state index is 13.8. The highest BCUT2D eigenvalue weighted by atomic mass is 32.2. The zero-order valence-electron chi connectivity index (χ0n) is 10.9. The van der Waals surface area contributed by atoms with Crippen LogP contribution in [0.3, 0.4) is 0 Å². The molecular formula is C13H12FN3O2S. The van der Waals surface area contributed by atoms with Crippen molar-refractivity contribution in [2.45, 2.75) is 19.1 Å². The molecule has 0 fully saturated rings. The minimum Gasteiger partial charge on any atom is -0.206 e. The van der Waals surface area contributed by atoms with Gasteiger partial charge in [-0.3, -0.25) is 0 Å². The van der Waals surface area contributed by atoms with Gasteiger partial charge in [0.15, 0.2) is 0 Å². The van der Waals surface area contributed by atoms with Crippen LogP contribution < -0.4 is 0 Å². The van der Waals surface area contributed by atoms with Crippen molar-refractivity contribution in [2.75, 3.05) is 0 Å². The Labute approximate surface area is 116 Å². The van der Waals surface area contributed by atoms with Crippen LogP contribution in [-0.2, 0) is 10.0 Å². The highest BCUT2D eigenvalue weighted by molar-refractivity contribution is 7.90. The molecule has 0 spiro atoms. The molecule has 1 heterocycles. The van der Waals surface area contributed by atoms with Crippen molar-refractivity contribution in [3.63, 3.8) is 0 Å². The van der Waals surface area contributed by atoms with Crippen LogP contribution in [-0.4, -0.2) is 22.9 Å². The van der Waals surface area contributed by atoms with Crippen LogP contribution in [0.15, 0.2) is 30.6 Å². The van der Waals surface area contributed by atoms with Crippen molar-refractivity contribution in [3.8, 4) is 17.2 Å². The molecule has 1 aromatic carbocycles. The van der Waals surface area contributed by atoms with Crippen molar-refractivity contribution in [1.29, 1.82) is 5.26 Å². The van der Waals surface area contributed by atoms with Gasteiger partial charge in [-0.1, -0.05) is 6.07 Å². The Hall–Kier alpha value is -2.20. The molecule has 0 amide bonds. The van der Waals surface area contributed by atoms with Gasteiger partial charge in [0.1, 0.15) is 5.82 Å². The summed E-state index contributed by atoms with van der Waals surface area (Å²) in [5, 5.41) is 11.8. The lowest BCUT2D eigenvalue weighted by Gasteiger charge is -2.06. The zero-order chi connectivity index (χ0) is 14.9. The number of benzene rings is 1. The van der Waals surface area contributed by atoms with Crippen LogP contribution in [0, 0.1) is 17.1 Å². The number of rotatable bonds is 3. The Morgan fingerprint density at radius 1 is 1.40 bits per heavy atom. The molecule has 2 rings (SSSR count). The standard InChI is InChI=1S/C13H12FN3O2S/c1-9(2)20(18,19)17-8-11(7-16-17)12-4-3-10(6-15)5-13(12)14/h3-5,7-9H,1-2H3. The van der Waals surface area contributed by atoms with Gasteiger partial charge < -0.3 is 0 Å². The van der Waals surface area contributed by atoms with Crippen molar-refractivity contribution >= 4 is 10.0 Å². The predicted molar refractivity (Wildman–Crippen MR) is 71.8 cm³/mol. The molecule has 0 unspecified atom stereocenters. The Morgan fingerprint density at radius 2 is 2.10 bits per heavy atom. The van der Waals surface area contributed by atoms with Crippen LogP contribution >= 0.6 is 0 Å². The molecule has 2 aromatic rings. The minimum absolute atomic E-state index is 0.202. The first-order valence-electron chi connectivity index (χ1n) is 5.85. The number of halogens is 1. The zero-order valence-corrected chi connectivity index (χ0v) is 11.7. The number of nitrogens with zero attached hydrogens (tertiary/aromatic N) is 3. The summed E-state index contributed by atoms with van der Waals surface area (Å²) >= 11 is 0. The highest BCUT2D eigenvalue weighted by Gasteiger charge is 2.20. The van der Waals surface area contributed by atoms with E-state index in [2.05, 4.69) is 5.10 Å². The molecule has 0 aliphatic heterocycles. The molecule has 104 valence electrons. The molecule has 0 N–H and O–H groups in total. The maximum Gasteiger partial charge on any atom is 0.256 e. The molecule has 0 saturated heterocycles. The third kappa shape index (κ3) is 2.42. The molecular weight excluding hydrogens is 281 g/mol. The lowest BCUT2D eigenvalue weighted by atomic mass is 10.1. The number of aromatic nitrogens is 2. The molecule has 0 atom stereocenters. The quantitative estimate of drug-likeness (QED) is 0.869.